The highest BCUT2D eigenvalue weighted by atomic mass is 16.3. The van der Waals surface area contributed by atoms with Gasteiger partial charge in [0.15, 0.2) is 0 Å². The van der Waals surface area contributed by atoms with Gasteiger partial charge in [0.1, 0.15) is 0 Å². The van der Waals surface area contributed by atoms with Crippen LogP contribution in [0.2, 0.25) is 0 Å². The summed E-state index contributed by atoms with van der Waals surface area (Å²) >= 11 is 0. The molecule has 0 aliphatic carbocycles. The minimum atomic E-state index is 1.12. The van der Waals surface area contributed by atoms with Crippen molar-refractivity contribution in [3.8, 4) is 11.1 Å². The molecule has 0 aliphatic rings. The van der Waals surface area contributed by atoms with E-state index in [-0.39, 0.29) is 0 Å². The summed E-state index contributed by atoms with van der Waals surface area (Å²) in [5, 5.41) is 5.13. The summed E-state index contributed by atoms with van der Waals surface area (Å²) in [5.41, 5.74) is 2.31. The van der Waals surface area contributed by atoms with Crippen molar-refractivity contribution in [3.63, 3.8) is 0 Å². The quantitative estimate of drug-likeness (QED) is 0.417. The standard InChI is InChI=1S/C18H12O/c1-2-4-17-13(3-1)5-6-14-7-8-15(11-18(14)17)16-9-10-19-12-16/h1-12H. The second-order valence-corrected chi connectivity index (χ2v) is 4.73. The number of furan rings is 1. The van der Waals surface area contributed by atoms with Crippen LogP contribution in [-0.2, 0) is 0 Å². The van der Waals surface area contributed by atoms with Crippen LogP contribution in [0.25, 0.3) is 32.7 Å². The maximum atomic E-state index is 5.17. The van der Waals surface area contributed by atoms with Gasteiger partial charge in [-0.3, -0.25) is 0 Å². The summed E-state index contributed by atoms with van der Waals surface area (Å²) in [5.74, 6) is 0. The Labute approximate surface area is 111 Å². The molecule has 4 rings (SSSR count). The average molecular weight is 244 g/mol. The highest BCUT2D eigenvalue weighted by Gasteiger charge is 2.03. The van der Waals surface area contributed by atoms with Gasteiger partial charge in [-0.05, 0) is 39.2 Å². The van der Waals surface area contributed by atoms with E-state index in [4.69, 9.17) is 4.42 Å². The molecular weight excluding hydrogens is 232 g/mol. The molecule has 0 saturated carbocycles. The molecule has 0 N–H and O–H groups in total. The van der Waals surface area contributed by atoms with E-state index in [1.807, 2.05) is 6.07 Å². The van der Waals surface area contributed by atoms with Gasteiger partial charge in [0.25, 0.3) is 0 Å². The molecule has 0 fully saturated rings. The summed E-state index contributed by atoms with van der Waals surface area (Å²) in [6, 6.07) is 21.4. The first kappa shape index (κ1) is 10.4. The molecule has 0 amide bonds. The Hall–Kier alpha value is -2.54. The fourth-order valence-electron chi connectivity index (χ4n) is 2.61. The smallest absolute Gasteiger partial charge is 0.0980 e. The molecule has 0 radical (unpaired) electrons. The van der Waals surface area contributed by atoms with Gasteiger partial charge in [-0.25, -0.2) is 0 Å². The SMILES string of the molecule is c1ccc2c(c1)ccc1ccc(-c3ccoc3)cc12. The normalized spacial score (nSPS) is 11.2. The predicted molar refractivity (Wildman–Crippen MR) is 79.2 cm³/mol. The molecule has 0 aliphatic heterocycles. The van der Waals surface area contributed by atoms with Crippen molar-refractivity contribution in [1.29, 1.82) is 0 Å². The van der Waals surface area contributed by atoms with Crippen molar-refractivity contribution < 1.29 is 4.42 Å². The topological polar surface area (TPSA) is 13.1 Å². The molecule has 19 heavy (non-hydrogen) atoms. The van der Waals surface area contributed by atoms with Crippen molar-refractivity contribution in [2.45, 2.75) is 0 Å². The highest BCUT2D eigenvalue weighted by Crippen LogP contribution is 2.30. The number of hydrogen-bond donors (Lipinski definition) is 0. The lowest BCUT2D eigenvalue weighted by Crippen LogP contribution is -1.79. The van der Waals surface area contributed by atoms with Crippen molar-refractivity contribution in [2.75, 3.05) is 0 Å². The minimum Gasteiger partial charge on any atom is -0.472 e. The first-order valence-corrected chi connectivity index (χ1v) is 6.36. The first-order chi connectivity index (χ1) is 9.42. The molecule has 3 aromatic carbocycles. The lowest BCUT2D eigenvalue weighted by Gasteiger charge is -2.05. The molecule has 4 aromatic rings. The third-order valence-electron chi connectivity index (χ3n) is 3.60. The second-order valence-electron chi connectivity index (χ2n) is 4.73. The summed E-state index contributed by atoms with van der Waals surface area (Å²) in [4.78, 5) is 0. The van der Waals surface area contributed by atoms with Crippen LogP contribution in [0.15, 0.2) is 77.6 Å². The monoisotopic (exact) mass is 244 g/mol. The van der Waals surface area contributed by atoms with Crippen molar-refractivity contribution in [1.82, 2.24) is 0 Å². The molecular formula is C18H12O. The molecule has 0 atom stereocenters. The van der Waals surface area contributed by atoms with Crippen molar-refractivity contribution >= 4 is 21.5 Å². The molecule has 0 saturated heterocycles. The van der Waals surface area contributed by atoms with E-state index in [0.29, 0.717) is 0 Å². The highest BCUT2D eigenvalue weighted by molar-refractivity contribution is 6.08. The van der Waals surface area contributed by atoms with E-state index in [1.165, 1.54) is 27.1 Å². The Morgan fingerprint density at radius 3 is 2.26 bits per heavy atom. The lowest BCUT2D eigenvalue weighted by atomic mass is 9.98. The van der Waals surface area contributed by atoms with E-state index >= 15 is 0 Å². The number of hydrogen-bond acceptors (Lipinski definition) is 1. The Kier molecular flexibility index (Phi) is 2.18. The van der Waals surface area contributed by atoms with E-state index in [9.17, 15) is 0 Å². The lowest BCUT2D eigenvalue weighted by molar-refractivity contribution is 0.568. The van der Waals surface area contributed by atoms with Gasteiger partial charge in [0.05, 0.1) is 12.5 Å². The summed E-state index contributed by atoms with van der Waals surface area (Å²) < 4.78 is 5.17. The van der Waals surface area contributed by atoms with E-state index in [2.05, 4.69) is 54.6 Å². The Morgan fingerprint density at radius 2 is 1.42 bits per heavy atom. The summed E-state index contributed by atoms with van der Waals surface area (Å²) in [6.07, 6.45) is 3.49. The molecule has 0 bridgehead atoms. The Balaban J connectivity index is 2.09. The molecule has 1 heteroatoms. The van der Waals surface area contributed by atoms with Crippen LogP contribution in [0.3, 0.4) is 0 Å². The molecule has 90 valence electrons. The molecule has 1 heterocycles. The van der Waals surface area contributed by atoms with Gasteiger partial charge in [-0.1, -0.05) is 48.5 Å². The molecule has 0 spiro atoms. The zero-order chi connectivity index (χ0) is 12.7. The first-order valence-electron chi connectivity index (χ1n) is 6.36. The van der Waals surface area contributed by atoms with Crippen LogP contribution in [0.4, 0.5) is 0 Å². The number of fused-ring (bicyclic) bond motifs is 3. The van der Waals surface area contributed by atoms with Crippen LogP contribution in [-0.4, -0.2) is 0 Å². The number of benzene rings is 3. The summed E-state index contributed by atoms with van der Waals surface area (Å²) in [6.45, 7) is 0. The second kappa shape index (κ2) is 3.99. The Bertz CT molecular complexity index is 857. The third kappa shape index (κ3) is 1.63. The fraction of sp³-hybridized carbons (Fsp3) is 0. The maximum Gasteiger partial charge on any atom is 0.0980 e. The van der Waals surface area contributed by atoms with Crippen LogP contribution in [0.1, 0.15) is 0 Å². The van der Waals surface area contributed by atoms with Gasteiger partial charge in [0, 0.05) is 5.56 Å². The van der Waals surface area contributed by atoms with Crippen molar-refractivity contribution in [3.05, 3.63) is 73.2 Å². The molecule has 1 nitrogen and oxygen atoms in total. The van der Waals surface area contributed by atoms with Gasteiger partial charge in [-0.2, -0.15) is 0 Å². The maximum absolute atomic E-state index is 5.17. The van der Waals surface area contributed by atoms with Gasteiger partial charge < -0.3 is 4.42 Å². The van der Waals surface area contributed by atoms with E-state index < -0.39 is 0 Å². The molecule has 0 unspecified atom stereocenters. The number of rotatable bonds is 1. The van der Waals surface area contributed by atoms with Crippen LogP contribution < -0.4 is 0 Å². The van der Waals surface area contributed by atoms with E-state index in [0.717, 1.165) is 5.56 Å². The van der Waals surface area contributed by atoms with Crippen LogP contribution in [0.5, 0.6) is 0 Å². The predicted octanol–water partition coefficient (Wildman–Crippen LogP) is 5.25. The fourth-order valence-corrected chi connectivity index (χ4v) is 2.61. The minimum absolute atomic E-state index is 1.12. The largest absolute Gasteiger partial charge is 0.472 e. The summed E-state index contributed by atoms with van der Waals surface area (Å²) in [7, 11) is 0. The van der Waals surface area contributed by atoms with Gasteiger partial charge in [-0.15, -0.1) is 0 Å². The van der Waals surface area contributed by atoms with Gasteiger partial charge in [0.2, 0.25) is 0 Å². The Morgan fingerprint density at radius 1 is 0.632 bits per heavy atom. The van der Waals surface area contributed by atoms with Crippen LogP contribution >= 0.6 is 0 Å². The third-order valence-corrected chi connectivity index (χ3v) is 3.60. The van der Waals surface area contributed by atoms with E-state index in [1.54, 1.807) is 12.5 Å². The van der Waals surface area contributed by atoms with Gasteiger partial charge >= 0.3 is 0 Å². The zero-order valence-corrected chi connectivity index (χ0v) is 10.3. The van der Waals surface area contributed by atoms with Crippen molar-refractivity contribution in [2.24, 2.45) is 0 Å². The molecule has 1 aromatic heterocycles. The van der Waals surface area contributed by atoms with Crippen LogP contribution in [0, 0.1) is 0 Å². The average Bonchev–Trinajstić information content (AvgIpc) is 3.01. The zero-order valence-electron chi connectivity index (χ0n) is 10.3.